The number of fused-ring (bicyclic) bond motifs is 1. The number of allylic oxidation sites excluding steroid dienone is 5. The van der Waals surface area contributed by atoms with Crippen LogP contribution in [-0.2, 0) is 9.53 Å². The van der Waals surface area contributed by atoms with Gasteiger partial charge in [0.05, 0.1) is 23.8 Å². The van der Waals surface area contributed by atoms with Crippen molar-refractivity contribution in [2.75, 3.05) is 0 Å². The third-order valence-corrected chi connectivity index (χ3v) is 8.62. The molecule has 5 heteroatoms. The summed E-state index contributed by atoms with van der Waals surface area (Å²) in [5.74, 6) is 0.323. The van der Waals surface area contributed by atoms with Gasteiger partial charge in [-0.25, -0.2) is 0 Å². The van der Waals surface area contributed by atoms with Gasteiger partial charge in [-0.15, -0.1) is 0 Å². The summed E-state index contributed by atoms with van der Waals surface area (Å²) in [6, 6.07) is 3.78. The zero-order valence-corrected chi connectivity index (χ0v) is 21.4. The molecule has 1 aliphatic heterocycles. The Morgan fingerprint density at radius 2 is 2.03 bits per heavy atom. The van der Waals surface area contributed by atoms with Crippen LogP contribution in [0.25, 0.3) is 0 Å². The zero-order chi connectivity index (χ0) is 24.9. The fourth-order valence-corrected chi connectivity index (χ4v) is 6.63. The molecule has 0 radical (unpaired) electrons. The second-order valence-electron chi connectivity index (χ2n) is 10.7. The molecule has 8 atom stereocenters. The predicted molar refractivity (Wildman–Crippen MR) is 138 cm³/mol. The van der Waals surface area contributed by atoms with Crippen molar-refractivity contribution in [3.8, 4) is 0 Å². The lowest BCUT2D eigenvalue weighted by molar-refractivity contribution is -0.154. The Kier molecular flexibility index (Phi) is 8.48. The fourth-order valence-electron chi connectivity index (χ4n) is 6.63. The molecule has 4 rings (SSSR count). The molecule has 0 amide bonds. The molecule has 1 saturated carbocycles. The number of carbonyl (C=O) groups excluding carboxylic acids is 1. The van der Waals surface area contributed by atoms with E-state index >= 15 is 0 Å². The number of H-pyrrole nitrogens is 1. The monoisotopic (exact) mass is 479 g/mol. The van der Waals surface area contributed by atoms with Crippen molar-refractivity contribution in [2.45, 2.75) is 77.9 Å². The molecule has 0 aromatic carbocycles. The van der Waals surface area contributed by atoms with Gasteiger partial charge in [-0.1, -0.05) is 57.6 Å². The molecule has 3 aliphatic rings. The summed E-state index contributed by atoms with van der Waals surface area (Å²) in [7, 11) is 0. The SMILES string of the molecule is CCC(=CC=CC1C=C[C@@H]2CCC[C@H]2[C@@H]1C(=O)c1ccc[nH]1)[C@@H]1O[C@@H]([C@@H](CC)C(=O)O)CC[C@@H]1C. The Bertz CT molecular complexity index is 959. The van der Waals surface area contributed by atoms with Crippen molar-refractivity contribution >= 4 is 11.8 Å². The summed E-state index contributed by atoms with van der Waals surface area (Å²) in [6.07, 6.45) is 19.2. The van der Waals surface area contributed by atoms with Crippen molar-refractivity contribution in [1.82, 2.24) is 4.98 Å². The van der Waals surface area contributed by atoms with Crippen LogP contribution in [0.5, 0.6) is 0 Å². The van der Waals surface area contributed by atoms with Gasteiger partial charge in [0.25, 0.3) is 0 Å². The van der Waals surface area contributed by atoms with Gasteiger partial charge in [0.2, 0.25) is 0 Å². The highest BCUT2D eigenvalue weighted by molar-refractivity contribution is 5.97. The Morgan fingerprint density at radius 1 is 1.20 bits per heavy atom. The Hall–Kier alpha value is -2.40. The highest BCUT2D eigenvalue weighted by Gasteiger charge is 2.42. The van der Waals surface area contributed by atoms with Crippen LogP contribution in [0.3, 0.4) is 0 Å². The molecular weight excluding hydrogens is 438 g/mol. The summed E-state index contributed by atoms with van der Waals surface area (Å²) in [4.78, 5) is 28.3. The maximum Gasteiger partial charge on any atom is 0.309 e. The van der Waals surface area contributed by atoms with Crippen LogP contribution in [-0.4, -0.2) is 34.1 Å². The van der Waals surface area contributed by atoms with E-state index in [9.17, 15) is 14.7 Å². The van der Waals surface area contributed by atoms with Gasteiger partial charge in [-0.05, 0) is 74.0 Å². The third kappa shape index (κ3) is 5.55. The van der Waals surface area contributed by atoms with Gasteiger partial charge in [0.15, 0.2) is 5.78 Å². The second kappa shape index (κ2) is 11.6. The molecule has 1 aromatic heterocycles. The molecule has 2 fully saturated rings. The number of ether oxygens (including phenoxy) is 1. The quantitative estimate of drug-likeness (QED) is 0.237. The number of hydrogen-bond donors (Lipinski definition) is 2. The summed E-state index contributed by atoms with van der Waals surface area (Å²) in [5.41, 5.74) is 1.91. The highest BCUT2D eigenvalue weighted by atomic mass is 16.5. The first-order chi connectivity index (χ1) is 16.9. The van der Waals surface area contributed by atoms with E-state index in [1.807, 2.05) is 25.3 Å². The number of carboxylic acid groups (broad SMARTS) is 1. The van der Waals surface area contributed by atoms with Gasteiger partial charge in [-0.2, -0.15) is 0 Å². The van der Waals surface area contributed by atoms with E-state index < -0.39 is 11.9 Å². The van der Waals surface area contributed by atoms with Crippen LogP contribution in [0.15, 0.2) is 54.3 Å². The highest BCUT2D eigenvalue weighted by Crippen LogP contribution is 2.46. The van der Waals surface area contributed by atoms with E-state index in [1.165, 1.54) is 18.4 Å². The zero-order valence-electron chi connectivity index (χ0n) is 21.4. The molecule has 5 nitrogen and oxygen atoms in total. The summed E-state index contributed by atoms with van der Waals surface area (Å²) in [5, 5.41) is 9.62. The predicted octanol–water partition coefficient (Wildman–Crippen LogP) is 6.60. The molecular formula is C30H41NO4. The third-order valence-electron chi connectivity index (χ3n) is 8.62. The molecule has 35 heavy (non-hydrogen) atoms. The number of aromatic amines is 1. The molecule has 190 valence electrons. The van der Waals surface area contributed by atoms with Crippen LogP contribution in [0.1, 0.15) is 76.2 Å². The van der Waals surface area contributed by atoms with Crippen LogP contribution in [0.4, 0.5) is 0 Å². The maximum absolute atomic E-state index is 13.5. The maximum atomic E-state index is 13.5. The number of Topliss-reactive ketones (excluding diaryl/α,β-unsaturated/α-hetero) is 1. The summed E-state index contributed by atoms with van der Waals surface area (Å²) in [6.45, 7) is 6.26. The Morgan fingerprint density at radius 3 is 2.71 bits per heavy atom. The standard InChI is InChI=1S/C30H41NO4/c1-4-20(29-19(3)14-17-26(35-29)23(5-2)30(33)34)9-6-11-22-16-15-21-10-7-12-24(21)27(22)28(32)25-13-8-18-31-25/h6,8-9,11,13,15-16,18-19,21-24,26-27,29,31H,4-5,7,10,12,14,17H2,1-3H3,(H,33,34)/t19-,21-,22?,23+,24+,26+,27+,29+/m0/s1. The Labute approximate surface area is 209 Å². The van der Waals surface area contributed by atoms with Crippen molar-refractivity contribution in [3.05, 3.63) is 60.0 Å². The van der Waals surface area contributed by atoms with Gasteiger partial charge in [0.1, 0.15) is 0 Å². The molecule has 0 spiro atoms. The van der Waals surface area contributed by atoms with E-state index in [0.29, 0.717) is 29.9 Å². The largest absolute Gasteiger partial charge is 0.481 e. The number of carboxylic acids is 1. The van der Waals surface area contributed by atoms with E-state index in [1.54, 1.807) is 0 Å². The molecule has 2 heterocycles. The molecule has 1 unspecified atom stereocenters. The first-order valence-electron chi connectivity index (χ1n) is 13.6. The lowest BCUT2D eigenvalue weighted by atomic mass is 9.69. The molecule has 1 aromatic rings. The van der Waals surface area contributed by atoms with Crippen molar-refractivity contribution in [2.24, 2.45) is 35.5 Å². The molecule has 2 aliphatic carbocycles. The first-order valence-corrected chi connectivity index (χ1v) is 13.6. The smallest absolute Gasteiger partial charge is 0.309 e. The first kappa shape index (κ1) is 25.7. The van der Waals surface area contributed by atoms with Gasteiger partial charge in [-0.3, -0.25) is 9.59 Å². The van der Waals surface area contributed by atoms with Crippen LogP contribution < -0.4 is 0 Å². The topological polar surface area (TPSA) is 79.4 Å². The Balaban J connectivity index is 1.53. The van der Waals surface area contributed by atoms with Gasteiger partial charge in [0, 0.05) is 18.0 Å². The van der Waals surface area contributed by atoms with Gasteiger partial charge < -0.3 is 14.8 Å². The number of hydrogen-bond acceptors (Lipinski definition) is 3. The summed E-state index contributed by atoms with van der Waals surface area (Å²) >= 11 is 0. The number of aliphatic carboxylic acids is 1. The average Bonchev–Trinajstić information content (AvgIpc) is 3.55. The minimum atomic E-state index is -0.764. The van der Waals surface area contributed by atoms with Crippen molar-refractivity contribution < 1.29 is 19.4 Å². The van der Waals surface area contributed by atoms with E-state index in [4.69, 9.17) is 4.74 Å². The molecule has 1 saturated heterocycles. The van der Waals surface area contributed by atoms with E-state index in [0.717, 1.165) is 25.7 Å². The lowest BCUT2D eigenvalue weighted by Gasteiger charge is -2.38. The second-order valence-corrected chi connectivity index (χ2v) is 10.7. The van der Waals surface area contributed by atoms with E-state index in [-0.39, 0.29) is 29.8 Å². The molecule has 0 bridgehead atoms. The normalized spacial score (nSPS) is 34.1. The average molecular weight is 480 g/mol. The van der Waals surface area contributed by atoms with Crippen LogP contribution >= 0.6 is 0 Å². The van der Waals surface area contributed by atoms with Crippen molar-refractivity contribution in [3.63, 3.8) is 0 Å². The number of carbonyl (C=O) groups is 2. The lowest BCUT2D eigenvalue weighted by Crippen LogP contribution is -2.41. The van der Waals surface area contributed by atoms with Gasteiger partial charge >= 0.3 is 5.97 Å². The summed E-state index contributed by atoms with van der Waals surface area (Å²) < 4.78 is 6.42. The number of ketones is 1. The molecule has 2 N–H and O–H groups in total. The minimum Gasteiger partial charge on any atom is -0.481 e. The number of aromatic nitrogens is 1. The minimum absolute atomic E-state index is 0.0315. The fraction of sp³-hybridized carbons (Fsp3) is 0.600. The van der Waals surface area contributed by atoms with Crippen LogP contribution in [0, 0.1) is 35.5 Å². The number of rotatable bonds is 9. The van der Waals surface area contributed by atoms with Crippen LogP contribution in [0.2, 0.25) is 0 Å². The van der Waals surface area contributed by atoms with E-state index in [2.05, 4.69) is 49.2 Å². The van der Waals surface area contributed by atoms with Crippen molar-refractivity contribution in [1.29, 1.82) is 0 Å². The number of nitrogens with one attached hydrogen (secondary N) is 1.